The average Bonchev–Trinajstić information content (AvgIpc) is 2.35. The molecule has 0 amide bonds. The van der Waals surface area contributed by atoms with Crippen LogP contribution in [0.4, 0.5) is 5.69 Å². The standard InChI is InChI=1S/C9H8ClNO5S/c10-6-4-16-8-3-7(11(12)13)1-2-9(8)17(14,15)5-6/h1-3,6H,4-5H2. The van der Waals surface area contributed by atoms with E-state index < -0.39 is 20.1 Å². The number of nitrogens with zero attached hydrogens (tertiary/aromatic N) is 1. The van der Waals surface area contributed by atoms with E-state index in [1.54, 1.807) is 0 Å². The zero-order valence-corrected chi connectivity index (χ0v) is 10.1. The molecular formula is C9H8ClNO5S. The fraction of sp³-hybridized carbons (Fsp3) is 0.333. The zero-order valence-electron chi connectivity index (χ0n) is 8.50. The van der Waals surface area contributed by atoms with E-state index in [1.165, 1.54) is 6.07 Å². The Morgan fingerprint density at radius 2 is 2.18 bits per heavy atom. The van der Waals surface area contributed by atoms with Crippen LogP contribution < -0.4 is 4.74 Å². The zero-order chi connectivity index (χ0) is 12.6. The van der Waals surface area contributed by atoms with Gasteiger partial charge in [-0.25, -0.2) is 8.42 Å². The number of hydrogen-bond donors (Lipinski definition) is 0. The van der Waals surface area contributed by atoms with E-state index >= 15 is 0 Å². The predicted molar refractivity (Wildman–Crippen MR) is 60.3 cm³/mol. The van der Waals surface area contributed by atoms with Crippen LogP contribution in [0.5, 0.6) is 5.75 Å². The molecule has 1 aliphatic rings. The van der Waals surface area contributed by atoms with Crippen molar-refractivity contribution >= 4 is 27.1 Å². The highest BCUT2D eigenvalue weighted by Gasteiger charge is 2.29. The summed E-state index contributed by atoms with van der Waals surface area (Å²) < 4.78 is 28.9. The van der Waals surface area contributed by atoms with E-state index in [4.69, 9.17) is 16.3 Å². The van der Waals surface area contributed by atoms with Gasteiger partial charge in [-0.05, 0) is 6.07 Å². The molecule has 0 saturated carbocycles. The van der Waals surface area contributed by atoms with Gasteiger partial charge in [0, 0.05) is 6.07 Å². The van der Waals surface area contributed by atoms with Crippen LogP contribution in [0.15, 0.2) is 23.1 Å². The second-order valence-electron chi connectivity index (χ2n) is 3.58. The maximum atomic E-state index is 11.9. The number of fused-ring (bicyclic) bond motifs is 1. The highest BCUT2D eigenvalue weighted by atomic mass is 35.5. The number of ether oxygens (including phenoxy) is 1. The van der Waals surface area contributed by atoms with Gasteiger partial charge in [-0.15, -0.1) is 11.6 Å². The lowest BCUT2D eigenvalue weighted by Gasteiger charge is -2.05. The monoisotopic (exact) mass is 277 g/mol. The van der Waals surface area contributed by atoms with Crippen molar-refractivity contribution in [3.05, 3.63) is 28.3 Å². The molecule has 8 heteroatoms. The number of sulfone groups is 1. The number of benzene rings is 1. The van der Waals surface area contributed by atoms with Crippen molar-refractivity contribution in [1.82, 2.24) is 0 Å². The molecule has 0 saturated heterocycles. The molecule has 0 N–H and O–H groups in total. The summed E-state index contributed by atoms with van der Waals surface area (Å²) in [5, 5.41) is 9.91. The molecule has 6 nitrogen and oxygen atoms in total. The third-order valence-corrected chi connectivity index (χ3v) is 4.60. The van der Waals surface area contributed by atoms with Crippen molar-refractivity contribution in [1.29, 1.82) is 0 Å². The Morgan fingerprint density at radius 1 is 1.47 bits per heavy atom. The van der Waals surface area contributed by atoms with Gasteiger partial charge in [0.15, 0.2) is 9.84 Å². The van der Waals surface area contributed by atoms with Gasteiger partial charge < -0.3 is 4.74 Å². The van der Waals surface area contributed by atoms with Crippen LogP contribution in [-0.2, 0) is 9.84 Å². The molecule has 1 unspecified atom stereocenters. The maximum Gasteiger partial charge on any atom is 0.273 e. The topological polar surface area (TPSA) is 86.5 Å². The van der Waals surface area contributed by atoms with Crippen LogP contribution >= 0.6 is 11.6 Å². The molecule has 1 atom stereocenters. The summed E-state index contributed by atoms with van der Waals surface area (Å²) in [6, 6.07) is 3.41. The molecule has 1 aliphatic heterocycles. The number of nitro benzene ring substituents is 1. The van der Waals surface area contributed by atoms with E-state index in [1.807, 2.05) is 0 Å². The summed E-state index contributed by atoms with van der Waals surface area (Å²) in [4.78, 5) is 9.91. The number of non-ortho nitro benzene ring substituents is 1. The molecule has 0 spiro atoms. The molecule has 92 valence electrons. The van der Waals surface area contributed by atoms with Gasteiger partial charge in [-0.3, -0.25) is 10.1 Å². The Kier molecular flexibility index (Phi) is 2.96. The number of rotatable bonds is 1. The predicted octanol–water partition coefficient (Wildman–Crippen LogP) is 1.37. The first-order valence-electron chi connectivity index (χ1n) is 4.68. The summed E-state index contributed by atoms with van der Waals surface area (Å²) in [6.07, 6.45) is 0. The summed E-state index contributed by atoms with van der Waals surface area (Å²) in [5.74, 6) is -0.248. The van der Waals surface area contributed by atoms with Crippen LogP contribution in [-0.4, -0.2) is 31.1 Å². The molecule has 0 aliphatic carbocycles. The third kappa shape index (κ3) is 2.34. The van der Waals surface area contributed by atoms with Crippen molar-refractivity contribution < 1.29 is 18.1 Å². The van der Waals surface area contributed by atoms with Gasteiger partial charge in [-0.1, -0.05) is 0 Å². The minimum atomic E-state index is -3.55. The molecule has 0 bridgehead atoms. The van der Waals surface area contributed by atoms with Crippen molar-refractivity contribution in [3.63, 3.8) is 0 Å². The van der Waals surface area contributed by atoms with Crippen molar-refractivity contribution in [2.24, 2.45) is 0 Å². The van der Waals surface area contributed by atoms with E-state index in [-0.39, 0.29) is 28.7 Å². The molecule has 0 fully saturated rings. The van der Waals surface area contributed by atoms with Gasteiger partial charge in [0.2, 0.25) is 0 Å². The van der Waals surface area contributed by atoms with Crippen LogP contribution in [0.25, 0.3) is 0 Å². The molecular weight excluding hydrogens is 270 g/mol. The summed E-state index contributed by atoms with van der Waals surface area (Å²) in [7, 11) is -3.55. The van der Waals surface area contributed by atoms with Crippen LogP contribution in [0.2, 0.25) is 0 Å². The molecule has 0 radical (unpaired) electrons. The van der Waals surface area contributed by atoms with Gasteiger partial charge in [0.1, 0.15) is 17.3 Å². The summed E-state index contributed by atoms with van der Waals surface area (Å²) in [6.45, 7) is 0.00888. The summed E-state index contributed by atoms with van der Waals surface area (Å²) >= 11 is 5.76. The lowest BCUT2D eigenvalue weighted by Crippen LogP contribution is -2.18. The van der Waals surface area contributed by atoms with Crippen molar-refractivity contribution in [3.8, 4) is 5.75 Å². The number of alkyl halides is 1. The van der Waals surface area contributed by atoms with E-state index in [2.05, 4.69) is 0 Å². The first-order chi connectivity index (χ1) is 7.90. The normalized spacial score (nSPS) is 22.1. The minimum absolute atomic E-state index is 0.00888. The van der Waals surface area contributed by atoms with Crippen LogP contribution in [0.1, 0.15) is 0 Å². The molecule has 1 aromatic carbocycles. The van der Waals surface area contributed by atoms with E-state index in [0.29, 0.717) is 0 Å². The molecule has 2 rings (SSSR count). The number of hydrogen-bond acceptors (Lipinski definition) is 5. The highest BCUT2D eigenvalue weighted by Crippen LogP contribution is 2.32. The summed E-state index contributed by atoms with van der Waals surface area (Å²) in [5.41, 5.74) is -0.216. The number of nitro groups is 1. The fourth-order valence-corrected chi connectivity index (χ4v) is 3.55. The lowest BCUT2D eigenvalue weighted by molar-refractivity contribution is -0.385. The molecule has 17 heavy (non-hydrogen) atoms. The minimum Gasteiger partial charge on any atom is -0.490 e. The van der Waals surface area contributed by atoms with Crippen LogP contribution in [0.3, 0.4) is 0 Å². The first-order valence-corrected chi connectivity index (χ1v) is 6.77. The Bertz CT molecular complexity index is 571. The van der Waals surface area contributed by atoms with Gasteiger partial charge >= 0.3 is 0 Å². The van der Waals surface area contributed by atoms with E-state index in [9.17, 15) is 18.5 Å². The molecule has 1 aromatic rings. The SMILES string of the molecule is O=[N+]([O-])c1ccc2c(c1)OCC(Cl)CS2(=O)=O. The van der Waals surface area contributed by atoms with E-state index in [0.717, 1.165) is 12.1 Å². The second kappa shape index (κ2) is 4.15. The Hall–Kier alpha value is -1.34. The Morgan fingerprint density at radius 3 is 2.82 bits per heavy atom. The molecule has 1 heterocycles. The van der Waals surface area contributed by atoms with Crippen LogP contribution in [0, 0.1) is 10.1 Å². The number of halogens is 1. The maximum absolute atomic E-state index is 11.9. The first kappa shape index (κ1) is 12.1. The Labute approximate surface area is 102 Å². The highest BCUT2D eigenvalue weighted by molar-refractivity contribution is 7.91. The quantitative estimate of drug-likeness (QED) is 0.439. The second-order valence-corrected chi connectivity index (χ2v) is 6.20. The van der Waals surface area contributed by atoms with Gasteiger partial charge in [0.25, 0.3) is 5.69 Å². The smallest absolute Gasteiger partial charge is 0.273 e. The third-order valence-electron chi connectivity index (χ3n) is 2.29. The lowest BCUT2D eigenvalue weighted by atomic mass is 10.3. The fourth-order valence-electron chi connectivity index (χ4n) is 1.54. The van der Waals surface area contributed by atoms with Gasteiger partial charge in [-0.2, -0.15) is 0 Å². The van der Waals surface area contributed by atoms with Crippen molar-refractivity contribution in [2.45, 2.75) is 10.3 Å². The van der Waals surface area contributed by atoms with Gasteiger partial charge in [0.05, 0.1) is 22.1 Å². The largest absolute Gasteiger partial charge is 0.490 e. The van der Waals surface area contributed by atoms with Crippen molar-refractivity contribution in [2.75, 3.05) is 12.4 Å². The molecule has 0 aromatic heterocycles. The average molecular weight is 278 g/mol. The Balaban J connectivity index is 2.57.